The van der Waals surface area contributed by atoms with Crippen LogP contribution in [0, 0.1) is 5.92 Å². The van der Waals surface area contributed by atoms with Crippen LogP contribution in [0.1, 0.15) is 33.1 Å². The lowest BCUT2D eigenvalue weighted by Crippen LogP contribution is -2.53. The molecule has 5 nitrogen and oxygen atoms in total. The zero-order chi connectivity index (χ0) is 12.5. The van der Waals surface area contributed by atoms with Gasteiger partial charge in [0, 0.05) is 12.5 Å². The Bertz CT molecular complexity index is 324. The summed E-state index contributed by atoms with van der Waals surface area (Å²) in [5, 5.41) is 2.93. The summed E-state index contributed by atoms with van der Waals surface area (Å²) >= 11 is 0. The maximum atomic E-state index is 11.7. The molecule has 1 saturated carbocycles. The van der Waals surface area contributed by atoms with Crippen LogP contribution in [0.5, 0.6) is 0 Å². The van der Waals surface area contributed by atoms with Crippen LogP contribution in [0.4, 0.5) is 4.79 Å². The highest BCUT2D eigenvalue weighted by Crippen LogP contribution is 2.26. The van der Waals surface area contributed by atoms with Gasteiger partial charge in [0.15, 0.2) is 0 Å². The van der Waals surface area contributed by atoms with Crippen LogP contribution in [0.25, 0.3) is 0 Å². The van der Waals surface area contributed by atoms with Gasteiger partial charge in [-0.3, -0.25) is 9.69 Å². The van der Waals surface area contributed by atoms with Crippen molar-refractivity contribution in [1.82, 2.24) is 10.2 Å². The number of hydrogen-bond donors (Lipinski definition) is 1. The van der Waals surface area contributed by atoms with Crippen molar-refractivity contribution >= 4 is 12.0 Å². The number of nitrogens with zero attached hydrogens (tertiary/aromatic N) is 1. The molecule has 96 valence electrons. The van der Waals surface area contributed by atoms with Gasteiger partial charge in [0.05, 0.1) is 12.1 Å². The van der Waals surface area contributed by atoms with E-state index in [2.05, 4.69) is 5.32 Å². The number of cyclic esters (lactones) is 1. The first-order valence-electron chi connectivity index (χ1n) is 6.23. The van der Waals surface area contributed by atoms with Crippen LogP contribution in [0.2, 0.25) is 0 Å². The van der Waals surface area contributed by atoms with Gasteiger partial charge < -0.3 is 10.1 Å². The van der Waals surface area contributed by atoms with E-state index in [9.17, 15) is 9.59 Å². The van der Waals surface area contributed by atoms with Crippen LogP contribution in [-0.2, 0) is 9.53 Å². The summed E-state index contributed by atoms with van der Waals surface area (Å²) in [5.74, 6) is 0.313. The zero-order valence-corrected chi connectivity index (χ0v) is 10.5. The van der Waals surface area contributed by atoms with Gasteiger partial charge in [0.1, 0.15) is 6.61 Å². The Morgan fingerprint density at radius 3 is 2.71 bits per heavy atom. The summed E-state index contributed by atoms with van der Waals surface area (Å²) in [5.41, 5.74) is -0.382. The Hall–Kier alpha value is -1.26. The first-order chi connectivity index (χ1) is 8.00. The SMILES string of the molecule is CC(C)(CNC(=O)C1CCC1)N1CCOC1=O. The van der Waals surface area contributed by atoms with Crippen molar-refractivity contribution in [2.75, 3.05) is 19.7 Å². The van der Waals surface area contributed by atoms with Crippen LogP contribution in [-0.4, -0.2) is 42.1 Å². The van der Waals surface area contributed by atoms with Crippen LogP contribution < -0.4 is 5.32 Å². The van der Waals surface area contributed by atoms with Crippen molar-refractivity contribution in [3.8, 4) is 0 Å². The van der Waals surface area contributed by atoms with E-state index >= 15 is 0 Å². The van der Waals surface area contributed by atoms with Crippen molar-refractivity contribution in [1.29, 1.82) is 0 Å². The molecule has 0 aromatic heterocycles. The van der Waals surface area contributed by atoms with E-state index in [4.69, 9.17) is 4.74 Å². The van der Waals surface area contributed by atoms with E-state index < -0.39 is 0 Å². The Balaban J connectivity index is 1.83. The van der Waals surface area contributed by atoms with Gasteiger partial charge in [-0.05, 0) is 26.7 Å². The average molecular weight is 240 g/mol. The summed E-state index contributed by atoms with van der Waals surface area (Å²) < 4.78 is 4.91. The predicted molar refractivity (Wildman–Crippen MR) is 62.5 cm³/mol. The maximum Gasteiger partial charge on any atom is 0.410 e. The highest BCUT2D eigenvalue weighted by atomic mass is 16.6. The largest absolute Gasteiger partial charge is 0.448 e. The molecule has 2 amide bonds. The van der Waals surface area contributed by atoms with Crippen molar-refractivity contribution in [2.24, 2.45) is 5.92 Å². The van der Waals surface area contributed by atoms with Crippen molar-refractivity contribution in [3.63, 3.8) is 0 Å². The molecule has 0 spiro atoms. The van der Waals surface area contributed by atoms with Crippen molar-refractivity contribution < 1.29 is 14.3 Å². The molecule has 0 radical (unpaired) electrons. The highest BCUT2D eigenvalue weighted by Gasteiger charge is 2.36. The molecule has 1 aliphatic carbocycles. The topological polar surface area (TPSA) is 58.6 Å². The molecular formula is C12H20N2O3. The van der Waals surface area contributed by atoms with Gasteiger partial charge in [-0.2, -0.15) is 0 Å². The number of rotatable bonds is 4. The molecule has 1 saturated heterocycles. The van der Waals surface area contributed by atoms with E-state index in [1.165, 1.54) is 0 Å². The number of carbonyl (C=O) groups excluding carboxylic acids is 2. The molecule has 2 fully saturated rings. The Morgan fingerprint density at radius 2 is 2.24 bits per heavy atom. The second kappa shape index (κ2) is 4.55. The summed E-state index contributed by atoms with van der Waals surface area (Å²) in [6.45, 7) is 5.42. The Kier molecular flexibility index (Phi) is 3.26. The lowest BCUT2D eigenvalue weighted by atomic mass is 9.84. The molecule has 0 aromatic rings. The standard InChI is InChI=1S/C12H20N2O3/c1-12(2,14-6-7-17-11(14)16)8-13-10(15)9-4-3-5-9/h9H,3-8H2,1-2H3,(H,13,15). The third-order valence-corrected chi connectivity index (χ3v) is 3.66. The molecule has 0 aromatic carbocycles. The van der Waals surface area contributed by atoms with E-state index in [-0.39, 0.29) is 23.5 Å². The molecule has 5 heteroatoms. The second-order valence-electron chi connectivity index (χ2n) is 5.42. The fraction of sp³-hybridized carbons (Fsp3) is 0.833. The van der Waals surface area contributed by atoms with E-state index in [0.717, 1.165) is 19.3 Å². The Labute approximate surface area is 101 Å². The zero-order valence-electron chi connectivity index (χ0n) is 10.5. The minimum atomic E-state index is -0.382. The summed E-state index contributed by atoms with van der Waals surface area (Å²) in [7, 11) is 0. The number of ether oxygens (including phenoxy) is 1. The minimum absolute atomic E-state index is 0.122. The number of amides is 2. The first-order valence-corrected chi connectivity index (χ1v) is 6.23. The lowest BCUT2D eigenvalue weighted by Gasteiger charge is -2.34. The monoisotopic (exact) mass is 240 g/mol. The molecule has 1 heterocycles. The summed E-state index contributed by atoms with van der Waals surface area (Å²) in [6, 6.07) is 0. The van der Waals surface area contributed by atoms with Gasteiger partial charge in [-0.15, -0.1) is 0 Å². The predicted octanol–water partition coefficient (Wildman–Crippen LogP) is 1.13. The van der Waals surface area contributed by atoms with E-state index in [1.54, 1.807) is 4.90 Å². The molecule has 17 heavy (non-hydrogen) atoms. The normalized spacial score (nSPS) is 21.1. The quantitative estimate of drug-likeness (QED) is 0.801. The van der Waals surface area contributed by atoms with Crippen LogP contribution in [0.3, 0.4) is 0 Å². The van der Waals surface area contributed by atoms with Crippen LogP contribution in [0.15, 0.2) is 0 Å². The molecule has 2 aliphatic rings. The maximum absolute atomic E-state index is 11.7. The first kappa shape index (κ1) is 12.2. The van der Waals surface area contributed by atoms with Gasteiger partial charge in [0.2, 0.25) is 5.91 Å². The van der Waals surface area contributed by atoms with Crippen molar-refractivity contribution in [2.45, 2.75) is 38.6 Å². The molecule has 1 N–H and O–H groups in total. The van der Waals surface area contributed by atoms with Gasteiger partial charge in [-0.1, -0.05) is 6.42 Å². The molecule has 0 bridgehead atoms. The van der Waals surface area contributed by atoms with Gasteiger partial charge in [-0.25, -0.2) is 4.79 Å². The molecule has 0 atom stereocenters. The van der Waals surface area contributed by atoms with Crippen LogP contribution >= 0.6 is 0 Å². The molecule has 2 rings (SSSR count). The fourth-order valence-corrected chi connectivity index (χ4v) is 2.16. The van der Waals surface area contributed by atoms with E-state index in [0.29, 0.717) is 19.7 Å². The third-order valence-electron chi connectivity index (χ3n) is 3.66. The van der Waals surface area contributed by atoms with Gasteiger partial charge >= 0.3 is 6.09 Å². The molecule has 1 aliphatic heterocycles. The highest BCUT2D eigenvalue weighted by molar-refractivity contribution is 5.79. The molecular weight excluding hydrogens is 220 g/mol. The number of nitrogens with one attached hydrogen (secondary N) is 1. The van der Waals surface area contributed by atoms with Crippen molar-refractivity contribution in [3.05, 3.63) is 0 Å². The van der Waals surface area contributed by atoms with Gasteiger partial charge in [0.25, 0.3) is 0 Å². The lowest BCUT2D eigenvalue weighted by molar-refractivity contribution is -0.127. The average Bonchev–Trinajstić information content (AvgIpc) is 2.59. The molecule has 0 unspecified atom stereocenters. The summed E-state index contributed by atoms with van der Waals surface area (Å²) in [4.78, 5) is 24.9. The summed E-state index contributed by atoms with van der Waals surface area (Å²) in [6.07, 6.45) is 2.86. The smallest absolute Gasteiger partial charge is 0.410 e. The van der Waals surface area contributed by atoms with E-state index in [1.807, 2.05) is 13.8 Å². The minimum Gasteiger partial charge on any atom is -0.448 e. The number of carbonyl (C=O) groups is 2. The third kappa shape index (κ3) is 2.53. The number of hydrogen-bond acceptors (Lipinski definition) is 3. The second-order valence-corrected chi connectivity index (χ2v) is 5.42. The Morgan fingerprint density at radius 1 is 1.53 bits per heavy atom. The fourth-order valence-electron chi connectivity index (χ4n) is 2.16.